The minimum absolute atomic E-state index is 0.00126. The topological polar surface area (TPSA) is 66.1 Å². The lowest BCUT2D eigenvalue weighted by molar-refractivity contribution is -0.129. The van der Waals surface area contributed by atoms with Crippen LogP contribution >= 0.6 is 23.1 Å². The first-order valence-electron chi connectivity index (χ1n) is 7.89. The van der Waals surface area contributed by atoms with Crippen LogP contribution in [0.25, 0.3) is 10.2 Å². The molecule has 1 amide bonds. The van der Waals surface area contributed by atoms with Gasteiger partial charge in [-0.05, 0) is 37.4 Å². The first-order chi connectivity index (χ1) is 11.9. The van der Waals surface area contributed by atoms with Crippen molar-refractivity contribution in [3.8, 4) is 0 Å². The van der Waals surface area contributed by atoms with Gasteiger partial charge in [-0.1, -0.05) is 17.7 Å². The molecule has 0 spiro atoms. The number of thioether (sulfide) groups is 1. The van der Waals surface area contributed by atoms with Crippen molar-refractivity contribution in [3.05, 3.63) is 57.5 Å². The number of amides is 1. The van der Waals surface area contributed by atoms with Crippen LogP contribution in [-0.2, 0) is 11.3 Å². The summed E-state index contributed by atoms with van der Waals surface area (Å²) >= 11 is 2.89. The van der Waals surface area contributed by atoms with E-state index in [4.69, 9.17) is 0 Å². The monoisotopic (exact) mass is 373 g/mol. The molecule has 0 fully saturated rings. The van der Waals surface area contributed by atoms with E-state index in [0.717, 1.165) is 4.90 Å². The van der Waals surface area contributed by atoms with Crippen molar-refractivity contribution < 1.29 is 4.79 Å². The van der Waals surface area contributed by atoms with Crippen LogP contribution < -0.4 is 5.56 Å². The Hall–Kier alpha value is -2.12. The molecule has 1 aromatic carbocycles. The molecule has 5 nitrogen and oxygen atoms in total. The third-order valence-electron chi connectivity index (χ3n) is 3.81. The first-order valence-corrected chi connectivity index (χ1v) is 9.64. The van der Waals surface area contributed by atoms with Crippen molar-refractivity contribution in [2.75, 3.05) is 7.05 Å². The van der Waals surface area contributed by atoms with Gasteiger partial charge in [0.2, 0.25) is 5.91 Å². The number of thiophene rings is 1. The molecule has 2 heterocycles. The molecule has 1 N–H and O–H groups in total. The van der Waals surface area contributed by atoms with Crippen molar-refractivity contribution in [2.24, 2.45) is 0 Å². The van der Waals surface area contributed by atoms with E-state index in [1.807, 2.05) is 49.6 Å². The van der Waals surface area contributed by atoms with Gasteiger partial charge in [0.1, 0.15) is 10.5 Å². The molecular weight excluding hydrogens is 354 g/mol. The van der Waals surface area contributed by atoms with E-state index >= 15 is 0 Å². The molecule has 7 heteroatoms. The summed E-state index contributed by atoms with van der Waals surface area (Å²) in [6.45, 7) is 4.20. The molecule has 0 radical (unpaired) electrons. The van der Waals surface area contributed by atoms with Crippen LogP contribution in [-0.4, -0.2) is 33.1 Å². The molecular formula is C18H19N3O2S2. The fourth-order valence-electron chi connectivity index (χ4n) is 2.48. The Labute approximate surface area is 154 Å². The summed E-state index contributed by atoms with van der Waals surface area (Å²) in [7, 11) is 1.73. The summed E-state index contributed by atoms with van der Waals surface area (Å²) in [5.41, 5.74) is 1.71. The van der Waals surface area contributed by atoms with Gasteiger partial charge >= 0.3 is 0 Å². The molecule has 25 heavy (non-hydrogen) atoms. The van der Waals surface area contributed by atoms with Gasteiger partial charge in [-0.25, -0.2) is 4.98 Å². The standard InChI is InChI=1S/C18H19N3O2S2/c1-11-4-6-13(7-5-11)25-12(2)18(23)21(3)10-15-19-14-8-9-24-16(14)17(22)20-15/h4-9,12H,10H2,1-3H3,(H,19,20,22). The number of carbonyl (C=O) groups is 1. The van der Waals surface area contributed by atoms with E-state index in [9.17, 15) is 9.59 Å². The van der Waals surface area contributed by atoms with Gasteiger partial charge in [-0.2, -0.15) is 0 Å². The van der Waals surface area contributed by atoms with Crippen LogP contribution in [0.1, 0.15) is 18.3 Å². The molecule has 1 unspecified atom stereocenters. The molecule has 0 saturated heterocycles. The molecule has 130 valence electrons. The number of H-pyrrole nitrogens is 1. The number of benzene rings is 1. The highest BCUT2D eigenvalue weighted by Crippen LogP contribution is 2.25. The number of aromatic nitrogens is 2. The molecule has 2 aromatic heterocycles. The zero-order valence-corrected chi connectivity index (χ0v) is 15.9. The van der Waals surface area contributed by atoms with Crippen LogP contribution in [0.15, 0.2) is 45.4 Å². The number of nitrogens with one attached hydrogen (secondary N) is 1. The summed E-state index contributed by atoms with van der Waals surface area (Å²) in [5.74, 6) is 0.498. The summed E-state index contributed by atoms with van der Waals surface area (Å²) in [6, 6.07) is 9.93. The predicted molar refractivity (Wildman–Crippen MR) is 103 cm³/mol. The predicted octanol–water partition coefficient (Wildman–Crippen LogP) is 3.43. The van der Waals surface area contributed by atoms with Crippen molar-refractivity contribution in [1.82, 2.24) is 14.9 Å². The highest BCUT2D eigenvalue weighted by Gasteiger charge is 2.20. The van der Waals surface area contributed by atoms with E-state index in [2.05, 4.69) is 9.97 Å². The van der Waals surface area contributed by atoms with E-state index < -0.39 is 0 Å². The van der Waals surface area contributed by atoms with Gasteiger partial charge in [0.25, 0.3) is 5.56 Å². The second kappa shape index (κ2) is 7.41. The molecule has 0 aliphatic heterocycles. The quantitative estimate of drug-likeness (QED) is 0.696. The van der Waals surface area contributed by atoms with Gasteiger partial charge in [-0.3, -0.25) is 9.59 Å². The van der Waals surface area contributed by atoms with Gasteiger partial charge in [0.05, 0.1) is 17.3 Å². The van der Waals surface area contributed by atoms with Gasteiger partial charge < -0.3 is 9.88 Å². The van der Waals surface area contributed by atoms with Gasteiger partial charge in [0.15, 0.2) is 0 Å². The van der Waals surface area contributed by atoms with Crippen LogP contribution in [0.2, 0.25) is 0 Å². The Balaban J connectivity index is 1.68. The Morgan fingerprint density at radius 2 is 2.04 bits per heavy atom. The average molecular weight is 374 g/mol. The average Bonchev–Trinajstić information content (AvgIpc) is 3.05. The lowest BCUT2D eigenvalue weighted by Gasteiger charge is -2.20. The van der Waals surface area contributed by atoms with Crippen molar-refractivity contribution in [3.63, 3.8) is 0 Å². The van der Waals surface area contributed by atoms with Crippen LogP contribution in [0.4, 0.5) is 0 Å². The molecule has 3 aromatic rings. The van der Waals surface area contributed by atoms with E-state index in [1.54, 1.807) is 11.9 Å². The number of aryl methyl sites for hydroxylation is 1. The third kappa shape index (κ3) is 4.11. The summed E-state index contributed by atoms with van der Waals surface area (Å²) in [5, 5.41) is 1.62. The largest absolute Gasteiger partial charge is 0.337 e. The highest BCUT2D eigenvalue weighted by atomic mass is 32.2. The number of carbonyl (C=O) groups excluding carboxylic acids is 1. The minimum Gasteiger partial charge on any atom is -0.337 e. The summed E-state index contributed by atoms with van der Waals surface area (Å²) in [6.07, 6.45) is 0. The summed E-state index contributed by atoms with van der Waals surface area (Å²) in [4.78, 5) is 34.5. The fraction of sp³-hybridized carbons (Fsp3) is 0.278. The second-order valence-electron chi connectivity index (χ2n) is 5.92. The van der Waals surface area contributed by atoms with E-state index in [-0.39, 0.29) is 23.3 Å². The maximum absolute atomic E-state index is 12.6. The lowest BCUT2D eigenvalue weighted by Crippen LogP contribution is -2.33. The SMILES string of the molecule is Cc1ccc(SC(C)C(=O)N(C)Cc2nc3ccsc3c(=O)[nH]2)cc1. The first kappa shape index (κ1) is 17.7. The second-order valence-corrected chi connectivity index (χ2v) is 8.25. The zero-order valence-electron chi connectivity index (χ0n) is 14.3. The van der Waals surface area contributed by atoms with Gasteiger partial charge in [-0.15, -0.1) is 23.1 Å². The number of nitrogens with zero attached hydrogens (tertiary/aromatic N) is 2. The van der Waals surface area contributed by atoms with Gasteiger partial charge in [0, 0.05) is 11.9 Å². The third-order valence-corrected chi connectivity index (χ3v) is 5.81. The van der Waals surface area contributed by atoms with E-state index in [0.29, 0.717) is 16.0 Å². The Morgan fingerprint density at radius 1 is 1.32 bits per heavy atom. The molecule has 0 bridgehead atoms. The van der Waals surface area contributed by atoms with Crippen LogP contribution in [0.5, 0.6) is 0 Å². The molecule has 0 aliphatic carbocycles. The molecule has 0 aliphatic rings. The number of fused-ring (bicyclic) bond motifs is 1. The maximum atomic E-state index is 12.6. The van der Waals surface area contributed by atoms with Crippen LogP contribution in [0, 0.1) is 6.92 Å². The zero-order chi connectivity index (χ0) is 18.0. The fourth-order valence-corrected chi connectivity index (χ4v) is 4.19. The van der Waals surface area contributed by atoms with Crippen molar-refractivity contribution >= 4 is 39.2 Å². The molecule has 3 rings (SSSR count). The highest BCUT2D eigenvalue weighted by molar-refractivity contribution is 8.00. The number of rotatable bonds is 5. The summed E-state index contributed by atoms with van der Waals surface area (Å²) < 4.78 is 0.612. The number of aromatic amines is 1. The Bertz CT molecular complexity index is 947. The number of hydrogen-bond donors (Lipinski definition) is 1. The van der Waals surface area contributed by atoms with E-state index in [1.165, 1.54) is 28.7 Å². The molecule has 0 saturated carbocycles. The Morgan fingerprint density at radius 3 is 2.76 bits per heavy atom. The van der Waals surface area contributed by atoms with Crippen molar-refractivity contribution in [1.29, 1.82) is 0 Å². The van der Waals surface area contributed by atoms with Crippen molar-refractivity contribution in [2.45, 2.75) is 30.5 Å². The maximum Gasteiger partial charge on any atom is 0.268 e. The number of hydrogen-bond acceptors (Lipinski definition) is 5. The molecule has 1 atom stereocenters. The normalized spacial score (nSPS) is 12.3. The van der Waals surface area contributed by atoms with Crippen LogP contribution in [0.3, 0.4) is 0 Å². The lowest BCUT2D eigenvalue weighted by atomic mass is 10.2. The Kier molecular flexibility index (Phi) is 5.24. The minimum atomic E-state index is -0.218. The smallest absolute Gasteiger partial charge is 0.268 e.